The van der Waals surface area contributed by atoms with Crippen LogP contribution < -0.4 is 5.32 Å². The molecule has 38 heavy (non-hydrogen) atoms. The molecule has 2 fully saturated rings. The first-order chi connectivity index (χ1) is 17.6. The predicted molar refractivity (Wildman–Crippen MR) is 134 cm³/mol. The molecule has 3 aliphatic rings. The normalized spacial score (nSPS) is 31.5. The Kier molecular flexibility index (Phi) is 7.90. The van der Waals surface area contributed by atoms with Crippen molar-refractivity contribution in [2.24, 2.45) is 5.92 Å². The number of sulfone groups is 1. The summed E-state index contributed by atoms with van der Waals surface area (Å²) in [6.45, 7) is 1.74. The van der Waals surface area contributed by atoms with Crippen LogP contribution in [0.4, 0.5) is 17.6 Å². The van der Waals surface area contributed by atoms with Crippen LogP contribution in [0.15, 0.2) is 29.7 Å². The summed E-state index contributed by atoms with van der Waals surface area (Å²) in [5, 5.41) is 3.23. The van der Waals surface area contributed by atoms with Gasteiger partial charge in [-0.3, -0.25) is 14.5 Å². The van der Waals surface area contributed by atoms with Crippen LogP contribution in [0.25, 0.3) is 0 Å². The van der Waals surface area contributed by atoms with Gasteiger partial charge in [-0.25, -0.2) is 26.0 Å². The molecule has 0 bridgehead atoms. The fraction of sp³-hybridized carbons (Fsp3) is 0.600. The van der Waals surface area contributed by atoms with Gasteiger partial charge in [0.1, 0.15) is 5.82 Å². The molecule has 0 unspecified atom stereocenters. The largest absolute Gasteiger partial charge is 0.346 e. The number of alkyl halides is 3. The number of rotatable bonds is 6. The van der Waals surface area contributed by atoms with Gasteiger partial charge in [-0.2, -0.15) is 0 Å². The summed E-state index contributed by atoms with van der Waals surface area (Å²) in [5.74, 6) is -6.86. The molecule has 5 atom stereocenters. The molecule has 4 rings (SSSR count). The van der Waals surface area contributed by atoms with Crippen molar-refractivity contribution in [2.45, 2.75) is 56.3 Å². The lowest BCUT2D eigenvalue weighted by Gasteiger charge is -2.42. The number of carbonyl (C=O) groups is 2. The van der Waals surface area contributed by atoms with Crippen LogP contribution >= 0.6 is 11.6 Å². The zero-order valence-electron chi connectivity index (χ0n) is 21.0. The maximum atomic E-state index is 15.7. The van der Waals surface area contributed by atoms with Gasteiger partial charge in [-0.1, -0.05) is 23.7 Å². The number of hydrogen-bond donors (Lipinski definition) is 1. The van der Waals surface area contributed by atoms with Gasteiger partial charge in [0.15, 0.2) is 15.5 Å². The summed E-state index contributed by atoms with van der Waals surface area (Å²) in [6.07, 6.45) is 0.664. The Morgan fingerprint density at radius 2 is 1.97 bits per heavy atom. The highest BCUT2D eigenvalue weighted by Crippen LogP contribution is 2.41. The molecular weight excluding hydrogens is 550 g/mol. The number of carbonyl (C=O) groups excluding carboxylic acids is 2. The first-order valence-corrected chi connectivity index (χ1v) is 14.4. The minimum atomic E-state index is -3.44. The molecular formula is C25H30ClF4N3O4S. The zero-order valence-corrected chi connectivity index (χ0v) is 22.5. The van der Waals surface area contributed by atoms with E-state index < -0.39 is 69.5 Å². The van der Waals surface area contributed by atoms with Crippen LogP contribution in [0.2, 0.25) is 5.02 Å². The topological polar surface area (TPSA) is 86.8 Å². The van der Waals surface area contributed by atoms with Gasteiger partial charge in [-0.05, 0) is 24.6 Å². The molecule has 2 amide bonds. The average molecular weight is 580 g/mol. The van der Waals surface area contributed by atoms with Gasteiger partial charge in [0.2, 0.25) is 5.91 Å². The van der Waals surface area contributed by atoms with Crippen molar-refractivity contribution in [3.05, 3.63) is 46.1 Å². The van der Waals surface area contributed by atoms with Gasteiger partial charge in [0.05, 0.1) is 29.3 Å². The Morgan fingerprint density at radius 1 is 1.26 bits per heavy atom. The molecule has 210 valence electrons. The molecule has 13 heteroatoms. The standard InChI is InChI=1S/C25H30ClF4N3O4S/c1-15-10-25(30,23(35)31-16-6-9-38(36,37)13-16)7-8-33(15)22(34)19-12-32(14-24(2,28)29)11-18(19)17-4-3-5-20(27)21(17)26/h3-6,9,15-16,18-19H,7-8,10-14H2,1-2H3,(H,31,35)/t15-,16+,18+,19+,25-/m0/s1. The first kappa shape index (κ1) is 28.8. The second kappa shape index (κ2) is 10.4. The van der Waals surface area contributed by atoms with Crippen LogP contribution in [-0.4, -0.2) is 85.6 Å². The minimum Gasteiger partial charge on any atom is -0.346 e. The van der Waals surface area contributed by atoms with E-state index in [0.29, 0.717) is 5.56 Å². The van der Waals surface area contributed by atoms with E-state index in [9.17, 15) is 31.2 Å². The van der Waals surface area contributed by atoms with Crippen LogP contribution in [0.3, 0.4) is 0 Å². The summed E-state index contributed by atoms with van der Waals surface area (Å²) in [6, 6.07) is 2.65. The smallest absolute Gasteiger partial charge is 0.258 e. The molecule has 1 aromatic rings. The number of likely N-dealkylation sites (tertiary alicyclic amines) is 2. The average Bonchev–Trinajstić information content (AvgIpc) is 3.36. The number of benzene rings is 1. The van der Waals surface area contributed by atoms with E-state index in [2.05, 4.69) is 5.32 Å². The van der Waals surface area contributed by atoms with Crippen LogP contribution in [-0.2, 0) is 19.4 Å². The monoisotopic (exact) mass is 579 g/mol. The number of nitrogens with one attached hydrogen (secondary N) is 1. The van der Waals surface area contributed by atoms with Crippen molar-refractivity contribution < 1.29 is 35.6 Å². The molecule has 0 aromatic heterocycles. The van der Waals surface area contributed by atoms with Gasteiger partial charge in [0.25, 0.3) is 11.8 Å². The third-order valence-corrected chi connectivity index (χ3v) is 9.23. The van der Waals surface area contributed by atoms with Crippen molar-refractivity contribution >= 4 is 33.3 Å². The van der Waals surface area contributed by atoms with E-state index in [1.807, 2.05) is 0 Å². The Morgan fingerprint density at radius 3 is 2.58 bits per heavy atom. The van der Waals surface area contributed by atoms with Gasteiger partial charge in [-0.15, -0.1) is 0 Å². The number of nitrogens with zero attached hydrogens (tertiary/aromatic N) is 2. The van der Waals surface area contributed by atoms with E-state index in [-0.39, 0.29) is 43.3 Å². The molecule has 0 aliphatic carbocycles. The number of halogens is 5. The van der Waals surface area contributed by atoms with Gasteiger partial charge < -0.3 is 10.2 Å². The Balaban J connectivity index is 1.49. The summed E-state index contributed by atoms with van der Waals surface area (Å²) >= 11 is 6.20. The molecule has 1 aromatic carbocycles. The summed E-state index contributed by atoms with van der Waals surface area (Å²) < 4.78 is 80.7. The molecule has 0 saturated carbocycles. The van der Waals surface area contributed by atoms with Crippen molar-refractivity contribution in [2.75, 3.05) is 31.9 Å². The third-order valence-electron chi connectivity index (χ3n) is 7.43. The van der Waals surface area contributed by atoms with E-state index >= 15 is 4.39 Å². The summed E-state index contributed by atoms with van der Waals surface area (Å²) in [4.78, 5) is 29.3. The van der Waals surface area contributed by atoms with Crippen LogP contribution in [0.5, 0.6) is 0 Å². The third kappa shape index (κ3) is 6.17. The van der Waals surface area contributed by atoms with Crippen molar-refractivity contribution in [1.82, 2.24) is 15.1 Å². The van der Waals surface area contributed by atoms with Crippen LogP contribution in [0, 0.1) is 11.7 Å². The molecule has 2 saturated heterocycles. The summed E-state index contributed by atoms with van der Waals surface area (Å²) in [5.41, 5.74) is -1.97. The molecule has 3 heterocycles. The van der Waals surface area contributed by atoms with E-state index in [1.165, 1.54) is 28.0 Å². The second-order valence-corrected chi connectivity index (χ2v) is 13.0. The highest BCUT2D eigenvalue weighted by molar-refractivity contribution is 7.94. The highest BCUT2D eigenvalue weighted by atomic mass is 35.5. The number of piperidine rings is 1. The Labute approximate surface area is 224 Å². The second-order valence-electron chi connectivity index (χ2n) is 10.7. The maximum absolute atomic E-state index is 15.7. The van der Waals surface area contributed by atoms with E-state index in [1.54, 1.807) is 13.0 Å². The minimum absolute atomic E-state index is 0.00721. The first-order valence-electron chi connectivity index (χ1n) is 12.3. The lowest BCUT2D eigenvalue weighted by atomic mass is 9.84. The maximum Gasteiger partial charge on any atom is 0.258 e. The SMILES string of the molecule is C[C@H]1C[C@](F)(C(=O)N[C@@H]2C=CS(=O)(=O)C2)CCN1C(=O)[C@@H]1CN(CC(C)(F)F)C[C@@H]1c1cccc(F)c1Cl. The Bertz CT molecular complexity index is 1240. The number of amides is 2. The lowest BCUT2D eigenvalue weighted by Crippen LogP contribution is -2.58. The molecule has 0 spiro atoms. The predicted octanol–water partition coefficient (Wildman–Crippen LogP) is 3.30. The van der Waals surface area contributed by atoms with E-state index in [0.717, 1.165) is 12.3 Å². The molecule has 3 aliphatic heterocycles. The van der Waals surface area contributed by atoms with Crippen molar-refractivity contribution in [3.8, 4) is 0 Å². The summed E-state index contributed by atoms with van der Waals surface area (Å²) in [7, 11) is -3.44. The zero-order chi connectivity index (χ0) is 28.0. The van der Waals surface area contributed by atoms with Gasteiger partial charge >= 0.3 is 0 Å². The molecule has 1 N–H and O–H groups in total. The fourth-order valence-corrected chi connectivity index (χ4v) is 7.19. The Hall–Kier alpha value is -2.18. The van der Waals surface area contributed by atoms with E-state index in [4.69, 9.17) is 11.6 Å². The quantitative estimate of drug-likeness (QED) is 0.523. The fourth-order valence-electron chi connectivity index (χ4n) is 5.69. The molecule has 7 nitrogen and oxygen atoms in total. The van der Waals surface area contributed by atoms with Crippen molar-refractivity contribution in [1.29, 1.82) is 0 Å². The highest BCUT2D eigenvalue weighted by Gasteiger charge is 2.49. The lowest BCUT2D eigenvalue weighted by molar-refractivity contribution is -0.148. The van der Waals surface area contributed by atoms with Crippen molar-refractivity contribution in [3.63, 3.8) is 0 Å². The number of hydrogen-bond acceptors (Lipinski definition) is 5. The van der Waals surface area contributed by atoms with Crippen LogP contribution in [0.1, 0.15) is 38.2 Å². The van der Waals surface area contributed by atoms with Gasteiger partial charge in [0, 0.05) is 56.8 Å². The molecule has 0 radical (unpaired) electrons.